The molecule has 0 aliphatic carbocycles. The molecule has 0 radical (unpaired) electrons. The third kappa shape index (κ3) is 7.09. The molecule has 0 saturated heterocycles. The average Bonchev–Trinajstić information content (AvgIpc) is 4.17. The van der Waals surface area contributed by atoms with Gasteiger partial charge in [0.2, 0.25) is 11.9 Å². The van der Waals surface area contributed by atoms with E-state index in [-0.39, 0.29) is 0 Å². The fourth-order valence-corrected chi connectivity index (χ4v) is 10.4. The number of fused-ring (bicyclic) bond motifs is 6. The number of benzene rings is 9. The second-order valence-corrected chi connectivity index (χ2v) is 18.0. The molecule has 5 heterocycles. The van der Waals surface area contributed by atoms with Gasteiger partial charge in [-0.25, -0.2) is 19.9 Å². The van der Waals surface area contributed by atoms with Crippen LogP contribution in [0.15, 0.2) is 249 Å². The molecule has 0 aliphatic rings. The third-order valence-corrected chi connectivity index (χ3v) is 13.7. The highest BCUT2D eigenvalue weighted by Gasteiger charge is 2.27. The van der Waals surface area contributed by atoms with Crippen molar-refractivity contribution < 1.29 is 0 Å². The lowest BCUT2D eigenvalue weighted by atomic mass is 10.0. The van der Waals surface area contributed by atoms with E-state index in [1.807, 2.05) is 78.9 Å². The molecule has 73 heavy (non-hydrogen) atoms. The lowest BCUT2D eigenvalue weighted by Gasteiger charge is -2.14. The van der Waals surface area contributed by atoms with Gasteiger partial charge < -0.3 is 0 Å². The van der Waals surface area contributed by atoms with Gasteiger partial charge in [0.25, 0.3) is 0 Å². The van der Waals surface area contributed by atoms with Gasteiger partial charge in [-0.15, -0.1) is 10.2 Å². The first-order valence-corrected chi connectivity index (χ1v) is 24.3. The fourth-order valence-electron chi connectivity index (χ4n) is 10.4. The standard InChI is InChI=1S/C64H41N9/c1-6-22-42(23-7-1)51-40-52(43-24-8-2-9-25-43)66-63(65-51)72-55-36-18-16-32-47(55)59-49(34-20-38-57(59)72)61-69-70-62(71(61)46-30-14-5-15-31-46)50-35-21-39-58-60(50)48-33-17-19-37-56(48)73(58)64-67-53(44-26-10-3-11-27-44)41-54(68-64)45-28-12-4-13-29-45/h1-41H. The maximum Gasteiger partial charge on any atom is 0.235 e. The summed E-state index contributed by atoms with van der Waals surface area (Å²) in [6, 6.07) is 85.5. The summed E-state index contributed by atoms with van der Waals surface area (Å²) in [6.07, 6.45) is 0. The van der Waals surface area contributed by atoms with Crippen LogP contribution in [0.25, 0.3) is 129 Å². The SMILES string of the molecule is c1ccc(-c2cc(-c3ccccc3)nc(-n3c4ccccc4c4c(-c5nnc(-c6cccc7c6c6ccccc6n7-c6nc(-c7ccccc7)cc(-c7ccccc7)n6)n5-c5ccccc5)cccc43)n2)cc1. The van der Waals surface area contributed by atoms with Gasteiger partial charge in [0.05, 0.1) is 44.8 Å². The predicted molar refractivity (Wildman–Crippen MR) is 294 cm³/mol. The number of nitrogens with zero attached hydrogens (tertiary/aromatic N) is 9. The maximum absolute atomic E-state index is 5.31. The molecule has 5 aromatic heterocycles. The van der Waals surface area contributed by atoms with Gasteiger partial charge in [-0.2, -0.15) is 0 Å². The summed E-state index contributed by atoms with van der Waals surface area (Å²) >= 11 is 0. The van der Waals surface area contributed by atoms with Crippen LogP contribution in [-0.4, -0.2) is 43.8 Å². The summed E-state index contributed by atoms with van der Waals surface area (Å²) < 4.78 is 6.57. The first-order valence-electron chi connectivity index (χ1n) is 24.3. The van der Waals surface area contributed by atoms with Crippen LogP contribution in [0.4, 0.5) is 0 Å². The Kier molecular flexibility index (Phi) is 9.96. The highest BCUT2D eigenvalue weighted by Crippen LogP contribution is 2.43. The molecule has 0 unspecified atom stereocenters. The van der Waals surface area contributed by atoms with Gasteiger partial charge in [0.15, 0.2) is 11.6 Å². The van der Waals surface area contributed by atoms with Gasteiger partial charge in [0.1, 0.15) is 0 Å². The molecule has 0 N–H and O–H groups in total. The minimum atomic E-state index is 0.575. The molecule has 14 aromatic rings. The lowest BCUT2D eigenvalue weighted by molar-refractivity contribution is 0.995. The molecular formula is C64H41N9. The summed E-state index contributed by atoms with van der Waals surface area (Å²) in [5.74, 6) is 2.55. The molecule has 9 heteroatoms. The monoisotopic (exact) mass is 935 g/mol. The Hall–Kier alpha value is -10.1. The van der Waals surface area contributed by atoms with Crippen molar-refractivity contribution in [1.29, 1.82) is 0 Å². The van der Waals surface area contributed by atoms with E-state index in [0.29, 0.717) is 23.5 Å². The van der Waals surface area contributed by atoms with Crippen molar-refractivity contribution in [3.05, 3.63) is 249 Å². The Bertz CT molecular complexity index is 3980. The van der Waals surface area contributed by atoms with Gasteiger partial charge >= 0.3 is 0 Å². The molecule has 0 bridgehead atoms. The van der Waals surface area contributed by atoms with E-state index >= 15 is 0 Å². The van der Waals surface area contributed by atoms with E-state index in [1.165, 1.54) is 0 Å². The molecule has 14 rings (SSSR count). The predicted octanol–water partition coefficient (Wildman–Crippen LogP) is 15.0. The van der Waals surface area contributed by atoms with Crippen molar-refractivity contribution in [2.24, 2.45) is 0 Å². The number of hydrogen-bond acceptors (Lipinski definition) is 6. The topological polar surface area (TPSA) is 92.1 Å². The first kappa shape index (κ1) is 41.8. The summed E-state index contributed by atoms with van der Waals surface area (Å²) in [5, 5.41) is 14.5. The first-order chi connectivity index (χ1) is 36.2. The second kappa shape index (κ2) is 17.4. The molecule has 0 aliphatic heterocycles. The minimum Gasteiger partial charge on any atom is -0.278 e. The van der Waals surface area contributed by atoms with Crippen LogP contribution < -0.4 is 0 Å². The van der Waals surface area contributed by atoms with Crippen molar-refractivity contribution in [3.8, 4) is 85.4 Å². The van der Waals surface area contributed by atoms with Crippen LogP contribution in [0, 0.1) is 0 Å². The Morgan fingerprint density at radius 1 is 0.260 bits per heavy atom. The zero-order valence-electron chi connectivity index (χ0n) is 39.2. The highest BCUT2D eigenvalue weighted by molar-refractivity contribution is 6.17. The van der Waals surface area contributed by atoms with Gasteiger partial charge in [-0.3, -0.25) is 13.7 Å². The molecule has 0 amide bonds. The molecule has 0 atom stereocenters. The van der Waals surface area contributed by atoms with Gasteiger partial charge in [-0.05, 0) is 48.5 Å². The van der Waals surface area contributed by atoms with Crippen LogP contribution >= 0.6 is 0 Å². The molecule has 0 fully saturated rings. The van der Waals surface area contributed by atoms with Gasteiger partial charge in [0, 0.05) is 60.6 Å². The van der Waals surface area contributed by atoms with Crippen molar-refractivity contribution in [1.82, 2.24) is 43.8 Å². The Morgan fingerprint density at radius 2 is 0.575 bits per heavy atom. The fraction of sp³-hybridized carbons (Fsp3) is 0. The molecule has 9 nitrogen and oxygen atoms in total. The zero-order chi connectivity index (χ0) is 48.2. The largest absolute Gasteiger partial charge is 0.278 e. The Morgan fingerprint density at radius 3 is 0.945 bits per heavy atom. The highest BCUT2D eigenvalue weighted by atomic mass is 15.3. The van der Waals surface area contributed by atoms with Crippen molar-refractivity contribution in [2.75, 3.05) is 0 Å². The normalized spacial score (nSPS) is 11.6. The summed E-state index contributed by atoms with van der Waals surface area (Å²) in [5.41, 5.74) is 14.0. The van der Waals surface area contributed by atoms with Crippen LogP contribution in [0.3, 0.4) is 0 Å². The molecule has 0 spiro atoms. The van der Waals surface area contributed by atoms with Crippen molar-refractivity contribution >= 4 is 43.6 Å². The van der Waals surface area contributed by atoms with E-state index in [2.05, 4.69) is 184 Å². The van der Waals surface area contributed by atoms with E-state index < -0.39 is 0 Å². The molecule has 342 valence electrons. The lowest BCUT2D eigenvalue weighted by Crippen LogP contribution is -2.04. The Balaban J connectivity index is 1.00. The average molecular weight is 936 g/mol. The third-order valence-electron chi connectivity index (χ3n) is 13.7. The quantitative estimate of drug-likeness (QED) is 0.143. The van der Waals surface area contributed by atoms with Crippen LogP contribution in [0.2, 0.25) is 0 Å². The summed E-state index contributed by atoms with van der Waals surface area (Å²) in [6.45, 7) is 0. The molecular weight excluding hydrogens is 895 g/mol. The van der Waals surface area contributed by atoms with Gasteiger partial charge in [-0.1, -0.05) is 200 Å². The number of aromatic nitrogens is 9. The number of rotatable bonds is 9. The van der Waals surface area contributed by atoms with Crippen molar-refractivity contribution in [3.63, 3.8) is 0 Å². The maximum atomic E-state index is 5.31. The second-order valence-electron chi connectivity index (χ2n) is 18.0. The van der Waals surface area contributed by atoms with Crippen molar-refractivity contribution in [2.45, 2.75) is 0 Å². The van der Waals surface area contributed by atoms with Crippen LogP contribution in [-0.2, 0) is 0 Å². The summed E-state index contributed by atoms with van der Waals surface area (Å²) in [7, 11) is 0. The van der Waals surface area contributed by atoms with E-state index in [4.69, 9.17) is 30.1 Å². The zero-order valence-corrected chi connectivity index (χ0v) is 39.2. The number of hydrogen-bond donors (Lipinski definition) is 0. The summed E-state index contributed by atoms with van der Waals surface area (Å²) in [4.78, 5) is 21.2. The molecule has 9 aromatic carbocycles. The smallest absolute Gasteiger partial charge is 0.235 e. The van der Waals surface area contributed by atoms with Crippen LogP contribution in [0.5, 0.6) is 0 Å². The number of para-hydroxylation sites is 3. The Labute approximate surface area is 419 Å². The van der Waals surface area contributed by atoms with Crippen LogP contribution in [0.1, 0.15) is 0 Å². The van der Waals surface area contributed by atoms with E-state index in [0.717, 1.165) is 105 Å². The van der Waals surface area contributed by atoms with E-state index in [9.17, 15) is 0 Å². The molecule has 0 saturated carbocycles. The van der Waals surface area contributed by atoms with E-state index in [1.54, 1.807) is 0 Å². The minimum absolute atomic E-state index is 0.575.